The van der Waals surface area contributed by atoms with Gasteiger partial charge in [-0.15, -0.1) is 0 Å². The van der Waals surface area contributed by atoms with Gasteiger partial charge in [0.2, 0.25) is 12.7 Å². The Morgan fingerprint density at radius 2 is 2.03 bits per heavy atom. The molecule has 1 aliphatic heterocycles. The molecule has 2 N–H and O–H groups in total. The molecular weight excluding hydrogens is 414 g/mol. The summed E-state index contributed by atoms with van der Waals surface area (Å²) in [5.74, 6) is 1.80. The smallest absolute Gasteiger partial charge is 0.256 e. The summed E-state index contributed by atoms with van der Waals surface area (Å²) in [6.45, 7) is 0.122. The standard InChI is InChI=1S/C22H17N5O5/c28-20(12-6-7-17-18(9-12)32-11-31-17)24-19-10-15(16-5-2-8-30-16)26-27(19)22-23-14-4-1-3-13(14)21(29)25-22/h2,5-10H,1,3-4,11H2,(H,24,28)(H,23,25,29). The Hall–Kier alpha value is -4.34. The number of anilines is 1. The number of rotatable bonds is 4. The largest absolute Gasteiger partial charge is 0.463 e. The van der Waals surface area contributed by atoms with E-state index in [0.717, 1.165) is 18.5 Å². The predicted molar refractivity (Wildman–Crippen MR) is 112 cm³/mol. The highest BCUT2D eigenvalue weighted by Crippen LogP contribution is 2.33. The van der Waals surface area contributed by atoms with Crippen molar-refractivity contribution in [1.29, 1.82) is 0 Å². The topological polar surface area (TPSA) is 124 Å². The number of aromatic nitrogens is 4. The van der Waals surface area contributed by atoms with Crippen LogP contribution in [0.4, 0.5) is 5.82 Å². The lowest BCUT2D eigenvalue weighted by Gasteiger charge is -2.09. The number of hydrogen-bond acceptors (Lipinski definition) is 7. The van der Waals surface area contributed by atoms with E-state index in [1.165, 1.54) is 10.9 Å². The fourth-order valence-electron chi connectivity index (χ4n) is 3.93. The first-order valence-electron chi connectivity index (χ1n) is 10.1. The predicted octanol–water partition coefficient (Wildman–Crippen LogP) is 2.69. The molecule has 0 unspecified atom stereocenters. The Kier molecular flexibility index (Phi) is 4.10. The zero-order valence-electron chi connectivity index (χ0n) is 16.8. The summed E-state index contributed by atoms with van der Waals surface area (Å²) in [6, 6.07) is 10.1. The number of amides is 1. The van der Waals surface area contributed by atoms with Crippen LogP contribution in [0.25, 0.3) is 17.4 Å². The number of nitrogens with one attached hydrogen (secondary N) is 2. The van der Waals surface area contributed by atoms with Gasteiger partial charge in [0.15, 0.2) is 17.3 Å². The molecule has 0 fully saturated rings. The first-order chi connectivity index (χ1) is 15.7. The molecule has 0 atom stereocenters. The summed E-state index contributed by atoms with van der Waals surface area (Å²) in [6.07, 6.45) is 3.87. The molecule has 0 spiro atoms. The minimum atomic E-state index is -0.376. The number of aryl methyl sites for hydroxylation is 1. The Balaban J connectivity index is 1.41. The van der Waals surface area contributed by atoms with E-state index in [9.17, 15) is 9.59 Å². The molecule has 3 aromatic heterocycles. The summed E-state index contributed by atoms with van der Waals surface area (Å²) in [7, 11) is 0. The van der Waals surface area contributed by atoms with Crippen LogP contribution in [0.2, 0.25) is 0 Å². The molecule has 32 heavy (non-hydrogen) atoms. The van der Waals surface area contributed by atoms with Crippen LogP contribution < -0.4 is 20.3 Å². The van der Waals surface area contributed by atoms with Crippen molar-refractivity contribution in [2.75, 3.05) is 12.1 Å². The second-order valence-electron chi connectivity index (χ2n) is 7.49. The van der Waals surface area contributed by atoms with Gasteiger partial charge in [-0.25, -0.2) is 4.98 Å². The van der Waals surface area contributed by atoms with Gasteiger partial charge in [-0.2, -0.15) is 9.78 Å². The van der Waals surface area contributed by atoms with Gasteiger partial charge < -0.3 is 19.2 Å². The van der Waals surface area contributed by atoms with Gasteiger partial charge in [0.05, 0.1) is 12.0 Å². The lowest BCUT2D eigenvalue weighted by Crippen LogP contribution is -2.21. The maximum Gasteiger partial charge on any atom is 0.256 e. The van der Waals surface area contributed by atoms with Gasteiger partial charge in [0.25, 0.3) is 11.5 Å². The van der Waals surface area contributed by atoms with Crippen LogP contribution in [-0.2, 0) is 12.8 Å². The van der Waals surface area contributed by atoms with Gasteiger partial charge in [-0.3, -0.25) is 14.6 Å². The third-order valence-corrected chi connectivity index (χ3v) is 5.49. The molecule has 10 heteroatoms. The van der Waals surface area contributed by atoms with E-state index in [1.807, 2.05) is 0 Å². The summed E-state index contributed by atoms with van der Waals surface area (Å²) in [4.78, 5) is 32.9. The third-order valence-electron chi connectivity index (χ3n) is 5.49. The van der Waals surface area contributed by atoms with Crippen molar-refractivity contribution in [3.8, 4) is 28.9 Å². The Morgan fingerprint density at radius 3 is 2.91 bits per heavy atom. The molecule has 4 heterocycles. The van der Waals surface area contributed by atoms with Crippen molar-refractivity contribution in [2.45, 2.75) is 19.3 Å². The van der Waals surface area contributed by atoms with Crippen molar-refractivity contribution in [2.24, 2.45) is 0 Å². The molecule has 2 aliphatic rings. The van der Waals surface area contributed by atoms with E-state index in [1.54, 1.807) is 36.4 Å². The molecular formula is C22H17N5O5. The normalized spacial score (nSPS) is 13.9. The maximum absolute atomic E-state index is 13.0. The quantitative estimate of drug-likeness (QED) is 0.509. The molecule has 1 aromatic carbocycles. The van der Waals surface area contributed by atoms with Crippen molar-refractivity contribution in [3.63, 3.8) is 0 Å². The average Bonchev–Trinajstić information content (AvgIpc) is 3.59. The number of H-pyrrole nitrogens is 1. The van der Waals surface area contributed by atoms with Crippen LogP contribution in [0, 0.1) is 0 Å². The van der Waals surface area contributed by atoms with Gasteiger partial charge >= 0.3 is 0 Å². The summed E-state index contributed by atoms with van der Waals surface area (Å²) >= 11 is 0. The van der Waals surface area contributed by atoms with E-state index in [2.05, 4.69) is 20.4 Å². The highest BCUT2D eigenvalue weighted by molar-refractivity contribution is 6.04. The molecule has 0 saturated heterocycles. The third kappa shape index (κ3) is 3.04. The first kappa shape index (κ1) is 18.4. The SMILES string of the molecule is O=C(Nc1cc(-c2ccco2)nn1-c1nc2c(c(=O)[nH]1)CCC2)c1ccc2c(c1)OCO2. The van der Waals surface area contributed by atoms with Crippen LogP contribution in [0.5, 0.6) is 11.5 Å². The van der Waals surface area contributed by atoms with E-state index in [-0.39, 0.29) is 24.2 Å². The molecule has 10 nitrogen and oxygen atoms in total. The van der Waals surface area contributed by atoms with Crippen LogP contribution in [0.3, 0.4) is 0 Å². The van der Waals surface area contributed by atoms with E-state index >= 15 is 0 Å². The van der Waals surface area contributed by atoms with Crippen molar-refractivity contribution in [3.05, 3.63) is 69.8 Å². The number of carbonyl (C=O) groups excluding carboxylic acids is 1. The molecule has 0 saturated carbocycles. The van der Waals surface area contributed by atoms with Gasteiger partial charge in [0.1, 0.15) is 11.5 Å². The summed E-state index contributed by atoms with van der Waals surface area (Å²) in [5, 5.41) is 7.37. The Morgan fingerprint density at radius 1 is 1.12 bits per heavy atom. The van der Waals surface area contributed by atoms with Crippen LogP contribution in [0.15, 0.2) is 51.9 Å². The number of nitrogens with zero attached hydrogens (tertiary/aromatic N) is 3. The van der Waals surface area contributed by atoms with Crippen molar-refractivity contribution >= 4 is 11.7 Å². The number of hydrogen-bond donors (Lipinski definition) is 2. The van der Waals surface area contributed by atoms with E-state index in [4.69, 9.17) is 13.9 Å². The molecule has 160 valence electrons. The second-order valence-corrected chi connectivity index (χ2v) is 7.49. The van der Waals surface area contributed by atoms with Crippen LogP contribution >= 0.6 is 0 Å². The highest BCUT2D eigenvalue weighted by atomic mass is 16.7. The van der Waals surface area contributed by atoms with E-state index < -0.39 is 0 Å². The lowest BCUT2D eigenvalue weighted by molar-refractivity contribution is 0.102. The van der Waals surface area contributed by atoms with Gasteiger partial charge in [-0.05, 0) is 49.6 Å². The number of aromatic amines is 1. The highest BCUT2D eigenvalue weighted by Gasteiger charge is 2.22. The van der Waals surface area contributed by atoms with Gasteiger partial charge in [-0.1, -0.05) is 0 Å². The van der Waals surface area contributed by atoms with E-state index in [0.29, 0.717) is 46.3 Å². The fourth-order valence-corrected chi connectivity index (χ4v) is 3.93. The molecule has 1 amide bonds. The summed E-state index contributed by atoms with van der Waals surface area (Å²) < 4.78 is 17.5. The molecule has 6 rings (SSSR count). The number of fused-ring (bicyclic) bond motifs is 2. The zero-order valence-corrected chi connectivity index (χ0v) is 16.8. The number of carbonyl (C=O) groups is 1. The minimum Gasteiger partial charge on any atom is -0.463 e. The second kappa shape index (κ2) is 7.12. The molecule has 0 radical (unpaired) electrons. The zero-order chi connectivity index (χ0) is 21.7. The minimum absolute atomic E-state index is 0.122. The lowest BCUT2D eigenvalue weighted by atomic mass is 10.2. The maximum atomic E-state index is 13.0. The van der Waals surface area contributed by atoms with Gasteiger partial charge in [0, 0.05) is 17.2 Å². The fraction of sp³-hybridized carbons (Fsp3) is 0.182. The number of furan rings is 1. The Labute approximate surface area is 180 Å². The summed E-state index contributed by atoms with van der Waals surface area (Å²) in [5.41, 5.74) is 2.15. The number of benzene rings is 1. The van der Waals surface area contributed by atoms with Crippen molar-refractivity contribution < 1.29 is 18.7 Å². The Bertz CT molecular complexity index is 1400. The van der Waals surface area contributed by atoms with Crippen LogP contribution in [0.1, 0.15) is 28.0 Å². The number of ether oxygens (including phenoxy) is 2. The monoisotopic (exact) mass is 431 g/mol. The first-order valence-corrected chi connectivity index (χ1v) is 10.1. The molecule has 1 aliphatic carbocycles. The molecule has 4 aromatic rings. The van der Waals surface area contributed by atoms with Crippen molar-refractivity contribution in [1.82, 2.24) is 19.7 Å². The van der Waals surface area contributed by atoms with Crippen LogP contribution in [-0.4, -0.2) is 32.4 Å². The molecule has 0 bridgehead atoms. The average molecular weight is 431 g/mol.